The normalized spacial score (nSPS) is 17.1. The molecule has 4 nitrogen and oxygen atoms in total. The van der Waals surface area contributed by atoms with Crippen molar-refractivity contribution in [3.05, 3.63) is 89.7 Å². The number of allylic oxidation sites excluding steroid dienone is 1. The molecular formula is C28H24O4. The van der Waals surface area contributed by atoms with Gasteiger partial charge in [0.15, 0.2) is 5.76 Å². The summed E-state index contributed by atoms with van der Waals surface area (Å²) in [5, 5.41) is 0. The number of benzene rings is 3. The van der Waals surface area contributed by atoms with Crippen molar-refractivity contribution in [2.75, 3.05) is 0 Å². The van der Waals surface area contributed by atoms with Crippen LogP contribution in [0.3, 0.4) is 0 Å². The minimum Gasteiger partial charge on any atom is -0.452 e. The van der Waals surface area contributed by atoms with Gasteiger partial charge in [0.2, 0.25) is 5.78 Å². The number of ketones is 1. The van der Waals surface area contributed by atoms with Gasteiger partial charge in [-0.25, -0.2) is 0 Å². The molecule has 160 valence electrons. The quantitative estimate of drug-likeness (QED) is 0.274. The zero-order valence-electron chi connectivity index (χ0n) is 17.8. The lowest BCUT2D eigenvalue weighted by atomic mass is 9.89. The Bertz CT molecular complexity index is 1170. The number of carbonyl (C=O) groups is 2. The van der Waals surface area contributed by atoms with Crippen molar-refractivity contribution in [2.45, 2.75) is 32.1 Å². The van der Waals surface area contributed by atoms with Crippen LogP contribution in [0.15, 0.2) is 78.6 Å². The zero-order chi connectivity index (χ0) is 21.9. The molecule has 0 amide bonds. The van der Waals surface area contributed by atoms with Crippen LogP contribution >= 0.6 is 0 Å². The van der Waals surface area contributed by atoms with Gasteiger partial charge in [-0.3, -0.25) is 9.59 Å². The molecule has 0 N–H and O–H groups in total. The molecule has 1 fully saturated rings. The second-order valence-electron chi connectivity index (χ2n) is 8.34. The maximum Gasteiger partial charge on any atom is 0.314 e. The summed E-state index contributed by atoms with van der Waals surface area (Å²) >= 11 is 0. The number of esters is 1. The first-order valence-corrected chi connectivity index (χ1v) is 11.1. The van der Waals surface area contributed by atoms with E-state index < -0.39 is 0 Å². The average Bonchev–Trinajstić information content (AvgIpc) is 3.15. The summed E-state index contributed by atoms with van der Waals surface area (Å²) in [6, 6.07) is 23.1. The molecule has 1 aliphatic carbocycles. The molecule has 1 saturated carbocycles. The third-order valence-electron chi connectivity index (χ3n) is 6.11. The predicted octanol–water partition coefficient (Wildman–Crippen LogP) is 6.46. The molecular weight excluding hydrogens is 400 g/mol. The van der Waals surface area contributed by atoms with Gasteiger partial charge in [0.05, 0.1) is 11.5 Å². The summed E-state index contributed by atoms with van der Waals surface area (Å²) < 4.78 is 11.4. The highest BCUT2D eigenvalue weighted by atomic mass is 16.5. The van der Waals surface area contributed by atoms with Gasteiger partial charge in [-0.05, 0) is 47.7 Å². The van der Waals surface area contributed by atoms with Crippen LogP contribution in [0.25, 0.3) is 17.2 Å². The van der Waals surface area contributed by atoms with E-state index in [4.69, 9.17) is 9.47 Å². The summed E-state index contributed by atoms with van der Waals surface area (Å²) in [7, 11) is 0. The largest absolute Gasteiger partial charge is 0.452 e. The molecule has 1 aliphatic heterocycles. The van der Waals surface area contributed by atoms with Crippen molar-refractivity contribution in [2.24, 2.45) is 5.92 Å². The SMILES string of the molecule is O=C1/C(=C/c2ccc(-c3ccccc3)cc2)Oc2cc(OC(=O)C3CCCCC3)ccc21. The molecule has 0 bridgehead atoms. The fourth-order valence-corrected chi connectivity index (χ4v) is 4.32. The van der Waals surface area contributed by atoms with Gasteiger partial charge >= 0.3 is 5.97 Å². The molecule has 0 unspecified atom stereocenters. The fraction of sp³-hybridized carbons (Fsp3) is 0.214. The van der Waals surface area contributed by atoms with E-state index in [-0.39, 0.29) is 23.4 Å². The summed E-state index contributed by atoms with van der Waals surface area (Å²) in [6.45, 7) is 0. The van der Waals surface area contributed by atoms with Crippen LogP contribution in [-0.2, 0) is 4.79 Å². The van der Waals surface area contributed by atoms with Gasteiger partial charge in [0, 0.05) is 6.07 Å². The van der Waals surface area contributed by atoms with E-state index in [1.54, 1.807) is 24.3 Å². The number of carbonyl (C=O) groups excluding carboxylic acids is 2. The standard InChI is InChI=1S/C28H24O4/c29-27-24-16-15-23(31-28(30)22-9-5-2-6-10-22)18-25(24)32-26(27)17-19-11-13-21(14-12-19)20-7-3-1-4-8-20/h1,3-4,7-8,11-18,22H,2,5-6,9-10H2/b26-17-. The van der Waals surface area contributed by atoms with E-state index in [1.165, 1.54) is 6.42 Å². The first-order chi connectivity index (χ1) is 15.7. The number of Topliss-reactive ketones (excluding diaryl/α,β-unsaturated/α-hetero) is 1. The minimum absolute atomic E-state index is 0.0335. The van der Waals surface area contributed by atoms with Gasteiger partial charge in [-0.2, -0.15) is 0 Å². The van der Waals surface area contributed by atoms with E-state index in [0.29, 0.717) is 17.1 Å². The zero-order valence-corrected chi connectivity index (χ0v) is 17.8. The first-order valence-electron chi connectivity index (χ1n) is 11.1. The molecule has 3 aromatic rings. The van der Waals surface area contributed by atoms with E-state index in [1.807, 2.05) is 42.5 Å². The van der Waals surface area contributed by atoms with E-state index >= 15 is 0 Å². The topological polar surface area (TPSA) is 52.6 Å². The molecule has 2 aliphatic rings. The van der Waals surface area contributed by atoms with Crippen molar-refractivity contribution in [3.63, 3.8) is 0 Å². The average molecular weight is 424 g/mol. The lowest BCUT2D eigenvalue weighted by Gasteiger charge is -2.19. The third kappa shape index (κ3) is 4.22. The van der Waals surface area contributed by atoms with Crippen LogP contribution in [0.5, 0.6) is 11.5 Å². The smallest absolute Gasteiger partial charge is 0.314 e. The Morgan fingerprint density at radius 2 is 1.59 bits per heavy atom. The Balaban J connectivity index is 1.30. The highest BCUT2D eigenvalue weighted by Gasteiger charge is 2.29. The lowest BCUT2D eigenvalue weighted by molar-refractivity contribution is -0.139. The van der Waals surface area contributed by atoms with Gasteiger partial charge < -0.3 is 9.47 Å². The molecule has 0 spiro atoms. The summed E-state index contributed by atoms with van der Waals surface area (Å²) in [5.41, 5.74) is 3.61. The highest BCUT2D eigenvalue weighted by molar-refractivity contribution is 6.14. The Labute approximate surface area is 187 Å². The lowest BCUT2D eigenvalue weighted by Crippen LogP contribution is -2.22. The monoisotopic (exact) mass is 424 g/mol. The highest BCUT2D eigenvalue weighted by Crippen LogP contribution is 2.36. The Morgan fingerprint density at radius 3 is 2.34 bits per heavy atom. The first kappa shape index (κ1) is 20.3. The third-order valence-corrected chi connectivity index (χ3v) is 6.11. The van der Waals surface area contributed by atoms with Gasteiger partial charge in [0.1, 0.15) is 11.5 Å². The van der Waals surface area contributed by atoms with E-state index in [0.717, 1.165) is 42.4 Å². The predicted molar refractivity (Wildman–Crippen MR) is 123 cm³/mol. The van der Waals surface area contributed by atoms with Crippen LogP contribution < -0.4 is 9.47 Å². The molecule has 4 heteroatoms. The number of ether oxygens (including phenoxy) is 2. The second-order valence-corrected chi connectivity index (χ2v) is 8.34. The summed E-state index contributed by atoms with van der Waals surface area (Å²) in [4.78, 5) is 25.2. The molecule has 0 aromatic heterocycles. The molecule has 5 rings (SSSR count). The fourth-order valence-electron chi connectivity index (χ4n) is 4.32. The van der Waals surface area contributed by atoms with Crippen LogP contribution in [0.2, 0.25) is 0 Å². The molecule has 0 atom stereocenters. The number of hydrogen-bond donors (Lipinski definition) is 0. The van der Waals surface area contributed by atoms with Gasteiger partial charge in [-0.15, -0.1) is 0 Å². The second kappa shape index (κ2) is 8.83. The minimum atomic E-state index is -0.191. The molecule has 32 heavy (non-hydrogen) atoms. The molecule has 0 saturated heterocycles. The number of rotatable bonds is 4. The Hall–Kier alpha value is -3.66. The van der Waals surface area contributed by atoms with E-state index in [9.17, 15) is 9.59 Å². The van der Waals surface area contributed by atoms with Crippen LogP contribution in [0.1, 0.15) is 48.0 Å². The molecule has 1 heterocycles. The van der Waals surface area contributed by atoms with Crippen LogP contribution in [0, 0.1) is 5.92 Å². The summed E-state index contributed by atoms with van der Waals surface area (Å²) in [6.07, 6.45) is 6.83. The number of fused-ring (bicyclic) bond motifs is 1. The van der Waals surface area contributed by atoms with Gasteiger partial charge in [-0.1, -0.05) is 73.9 Å². The number of hydrogen-bond acceptors (Lipinski definition) is 4. The van der Waals surface area contributed by atoms with Crippen molar-refractivity contribution >= 4 is 17.8 Å². The van der Waals surface area contributed by atoms with Crippen molar-refractivity contribution in [1.29, 1.82) is 0 Å². The Kier molecular flexibility index (Phi) is 5.59. The summed E-state index contributed by atoms with van der Waals surface area (Å²) in [5.74, 6) is 0.717. The van der Waals surface area contributed by atoms with Crippen molar-refractivity contribution in [1.82, 2.24) is 0 Å². The van der Waals surface area contributed by atoms with Crippen molar-refractivity contribution < 1.29 is 19.1 Å². The van der Waals surface area contributed by atoms with Gasteiger partial charge in [0.25, 0.3) is 0 Å². The van der Waals surface area contributed by atoms with Crippen LogP contribution in [-0.4, -0.2) is 11.8 Å². The molecule has 0 radical (unpaired) electrons. The van der Waals surface area contributed by atoms with Crippen LogP contribution in [0.4, 0.5) is 0 Å². The molecule has 3 aromatic carbocycles. The van der Waals surface area contributed by atoms with E-state index in [2.05, 4.69) is 12.1 Å². The maximum atomic E-state index is 12.8. The maximum absolute atomic E-state index is 12.8. The van der Waals surface area contributed by atoms with Crippen molar-refractivity contribution in [3.8, 4) is 22.6 Å². The Morgan fingerprint density at radius 1 is 0.875 bits per heavy atom.